The van der Waals surface area contributed by atoms with E-state index in [-0.39, 0.29) is 5.91 Å². The fraction of sp³-hybridized carbons (Fsp3) is 0.562. The number of piperidine rings is 1. The maximum Gasteiger partial charge on any atom is 0.228 e. The highest BCUT2D eigenvalue weighted by atomic mass is 32.1. The lowest BCUT2D eigenvalue weighted by Crippen LogP contribution is -2.41. The second kappa shape index (κ2) is 6.60. The van der Waals surface area contributed by atoms with Crippen LogP contribution in [0.5, 0.6) is 0 Å². The number of hydrogen-bond acceptors (Lipinski definition) is 4. The Hall–Kier alpha value is -1.69. The fourth-order valence-electron chi connectivity index (χ4n) is 3.11. The normalized spacial score (nSPS) is 18.6. The summed E-state index contributed by atoms with van der Waals surface area (Å²) in [5.74, 6) is 1.29. The number of imidazole rings is 1. The zero-order valence-corrected chi connectivity index (χ0v) is 14.0. The minimum absolute atomic E-state index is 0.188. The first-order chi connectivity index (χ1) is 10.7. The predicted octanol–water partition coefficient (Wildman–Crippen LogP) is 2.62. The van der Waals surface area contributed by atoms with Crippen LogP contribution in [0.3, 0.4) is 0 Å². The minimum atomic E-state index is 0.188. The Bertz CT molecular complexity index is 648. The van der Waals surface area contributed by atoms with Crippen LogP contribution in [0.1, 0.15) is 42.3 Å². The molecule has 22 heavy (non-hydrogen) atoms. The average Bonchev–Trinajstić information content (AvgIpc) is 3.16. The number of likely N-dealkylation sites (tertiary alicyclic amines) is 1. The van der Waals surface area contributed by atoms with E-state index in [2.05, 4.69) is 21.5 Å². The number of carbonyl (C=O) groups excluding carboxylic acids is 1. The lowest BCUT2D eigenvalue weighted by atomic mass is 10.0. The molecule has 118 valence electrons. The standard InChI is InChI=1S/C16H22N4OS/c1-3-15-17-6-8-20(15)14-5-4-7-19(10-14)16(21)9-13-11-22-12(2)18-13/h6,8,11,14H,3-5,7,9-10H2,1-2H3/t14-/m1/s1. The highest BCUT2D eigenvalue weighted by Crippen LogP contribution is 2.23. The van der Waals surface area contributed by atoms with E-state index in [1.165, 1.54) is 0 Å². The lowest BCUT2D eigenvalue weighted by Gasteiger charge is -2.34. The van der Waals surface area contributed by atoms with E-state index < -0.39 is 0 Å². The molecule has 0 saturated carbocycles. The Morgan fingerprint density at radius 2 is 2.36 bits per heavy atom. The van der Waals surface area contributed by atoms with Crippen LogP contribution >= 0.6 is 11.3 Å². The Labute approximate surface area is 135 Å². The molecule has 5 nitrogen and oxygen atoms in total. The molecule has 0 N–H and O–H groups in total. The van der Waals surface area contributed by atoms with Crippen LogP contribution in [0.4, 0.5) is 0 Å². The number of aromatic nitrogens is 3. The Kier molecular flexibility index (Phi) is 4.57. The van der Waals surface area contributed by atoms with Gasteiger partial charge in [0, 0.05) is 37.3 Å². The summed E-state index contributed by atoms with van der Waals surface area (Å²) < 4.78 is 2.24. The van der Waals surface area contributed by atoms with Crippen molar-refractivity contribution in [1.29, 1.82) is 0 Å². The van der Waals surface area contributed by atoms with Gasteiger partial charge in [-0.15, -0.1) is 11.3 Å². The molecule has 3 rings (SSSR count). The number of carbonyl (C=O) groups is 1. The van der Waals surface area contributed by atoms with E-state index in [1.54, 1.807) is 11.3 Å². The molecule has 1 saturated heterocycles. The maximum absolute atomic E-state index is 12.5. The molecule has 0 aliphatic carbocycles. The van der Waals surface area contributed by atoms with Crippen molar-refractivity contribution in [2.75, 3.05) is 13.1 Å². The molecule has 0 bridgehead atoms. The third kappa shape index (κ3) is 3.21. The van der Waals surface area contributed by atoms with Gasteiger partial charge in [0.1, 0.15) is 5.82 Å². The van der Waals surface area contributed by atoms with Crippen LogP contribution in [0.2, 0.25) is 0 Å². The van der Waals surface area contributed by atoms with Gasteiger partial charge in [-0.2, -0.15) is 0 Å². The summed E-state index contributed by atoms with van der Waals surface area (Å²) in [6, 6.07) is 0.354. The van der Waals surface area contributed by atoms with E-state index in [0.29, 0.717) is 12.5 Å². The zero-order valence-electron chi connectivity index (χ0n) is 13.2. The lowest BCUT2D eigenvalue weighted by molar-refractivity contribution is -0.132. The van der Waals surface area contributed by atoms with Crippen LogP contribution in [-0.2, 0) is 17.6 Å². The van der Waals surface area contributed by atoms with E-state index in [9.17, 15) is 4.79 Å². The molecular weight excluding hydrogens is 296 g/mol. The van der Waals surface area contributed by atoms with Gasteiger partial charge in [-0.25, -0.2) is 9.97 Å². The SMILES string of the molecule is CCc1nccn1[C@@H]1CCCN(C(=O)Cc2csc(C)n2)C1. The molecule has 3 heterocycles. The molecule has 0 spiro atoms. The van der Waals surface area contributed by atoms with Crippen molar-refractivity contribution < 1.29 is 4.79 Å². The second-order valence-electron chi connectivity index (χ2n) is 5.77. The van der Waals surface area contributed by atoms with E-state index in [0.717, 1.165) is 48.9 Å². The Morgan fingerprint density at radius 3 is 3.09 bits per heavy atom. The number of amides is 1. The molecule has 1 atom stereocenters. The average molecular weight is 318 g/mol. The zero-order chi connectivity index (χ0) is 15.5. The van der Waals surface area contributed by atoms with Crippen molar-refractivity contribution >= 4 is 17.2 Å². The summed E-state index contributed by atoms with van der Waals surface area (Å²) in [6.07, 6.45) is 7.41. The van der Waals surface area contributed by atoms with Crippen LogP contribution < -0.4 is 0 Å². The van der Waals surface area contributed by atoms with Crippen LogP contribution in [0, 0.1) is 6.92 Å². The van der Waals surface area contributed by atoms with Crippen LogP contribution in [0.15, 0.2) is 17.8 Å². The molecule has 2 aromatic heterocycles. The fourth-order valence-corrected chi connectivity index (χ4v) is 3.73. The largest absolute Gasteiger partial charge is 0.340 e. The molecule has 0 aromatic carbocycles. The summed E-state index contributed by atoms with van der Waals surface area (Å²) in [5, 5.41) is 3.00. The number of aryl methyl sites for hydroxylation is 2. The first-order valence-corrected chi connectivity index (χ1v) is 8.75. The van der Waals surface area contributed by atoms with Gasteiger partial charge >= 0.3 is 0 Å². The summed E-state index contributed by atoms with van der Waals surface area (Å²) >= 11 is 1.60. The van der Waals surface area contributed by atoms with Gasteiger partial charge in [-0.1, -0.05) is 6.92 Å². The van der Waals surface area contributed by atoms with Crippen molar-refractivity contribution in [3.05, 3.63) is 34.3 Å². The van der Waals surface area contributed by atoms with Crippen molar-refractivity contribution in [2.24, 2.45) is 0 Å². The highest BCUT2D eigenvalue weighted by Gasteiger charge is 2.26. The third-order valence-electron chi connectivity index (χ3n) is 4.21. The van der Waals surface area contributed by atoms with Crippen molar-refractivity contribution in [2.45, 2.75) is 45.6 Å². The topological polar surface area (TPSA) is 51.0 Å². The van der Waals surface area contributed by atoms with E-state index >= 15 is 0 Å². The predicted molar refractivity (Wildman–Crippen MR) is 87.0 cm³/mol. The van der Waals surface area contributed by atoms with Gasteiger partial charge in [0.25, 0.3) is 0 Å². The summed E-state index contributed by atoms with van der Waals surface area (Å²) in [4.78, 5) is 23.3. The molecule has 2 aromatic rings. The molecule has 0 radical (unpaired) electrons. The molecular formula is C16H22N4OS. The third-order valence-corrected chi connectivity index (χ3v) is 5.03. The number of hydrogen-bond donors (Lipinski definition) is 0. The summed E-state index contributed by atoms with van der Waals surface area (Å²) in [6.45, 7) is 5.73. The smallest absolute Gasteiger partial charge is 0.228 e. The van der Waals surface area contributed by atoms with Crippen LogP contribution in [-0.4, -0.2) is 38.4 Å². The molecule has 6 heteroatoms. The Balaban J connectivity index is 1.66. The highest BCUT2D eigenvalue weighted by molar-refractivity contribution is 7.09. The van der Waals surface area contributed by atoms with Gasteiger partial charge in [0.2, 0.25) is 5.91 Å². The van der Waals surface area contributed by atoms with Crippen molar-refractivity contribution in [3.63, 3.8) is 0 Å². The van der Waals surface area contributed by atoms with E-state index in [4.69, 9.17) is 0 Å². The first-order valence-electron chi connectivity index (χ1n) is 7.88. The van der Waals surface area contributed by atoms with E-state index in [1.807, 2.05) is 29.6 Å². The molecule has 0 unspecified atom stereocenters. The minimum Gasteiger partial charge on any atom is -0.340 e. The molecule has 1 fully saturated rings. The second-order valence-corrected chi connectivity index (χ2v) is 6.84. The summed E-state index contributed by atoms with van der Waals surface area (Å²) in [7, 11) is 0. The number of nitrogens with zero attached hydrogens (tertiary/aromatic N) is 4. The maximum atomic E-state index is 12.5. The summed E-state index contributed by atoms with van der Waals surface area (Å²) in [5.41, 5.74) is 0.895. The number of rotatable bonds is 4. The van der Waals surface area contributed by atoms with Gasteiger partial charge in [-0.05, 0) is 19.8 Å². The van der Waals surface area contributed by atoms with Crippen molar-refractivity contribution in [3.8, 4) is 0 Å². The molecule has 1 amide bonds. The molecule has 1 aliphatic rings. The van der Waals surface area contributed by atoms with Gasteiger partial charge in [0.15, 0.2) is 0 Å². The van der Waals surface area contributed by atoms with Crippen LogP contribution in [0.25, 0.3) is 0 Å². The van der Waals surface area contributed by atoms with Gasteiger partial charge in [-0.3, -0.25) is 4.79 Å². The van der Waals surface area contributed by atoms with Gasteiger partial charge in [0.05, 0.1) is 23.2 Å². The molecule has 1 aliphatic heterocycles. The van der Waals surface area contributed by atoms with Gasteiger partial charge < -0.3 is 9.47 Å². The number of thiazole rings is 1. The Morgan fingerprint density at radius 1 is 1.50 bits per heavy atom. The van der Waals surface area contributed by atoms with Crippen molar-refractivity contribution in [1.82, 2.24) is 19.4 Å². The quantitative estimate of drug-likeness (QED) is 0.871. The monoisotopic (exact) mass is 318 g/mol. The first kappa shape index (κ1) is 15.2.